The number of terminal acetylenes is 1. The molecule has 0 heterocycles. The summed E-state index contributed by atoms with van der Waals surface area (Å²) in [6.45, 7) is 0.940. The normalized spacial score (nSPS) is 11.2. The van der Waals surface area contributed by atoms with Gasteiger partial charge >= 0.3 is 0 Å². The van der Waals surface area contributed by atoms with Gasteiger partial charge in [0.25, 0.3) is 0 Å². The van der Waals surface area contributed by atoms with Crippen molar-refractivity contribution in [1.29, 1.82) is 0 Å². The fourth-order valence-corrected chi connectivity index (χ4v) is 2.46. The molecular formula is C14H20IN3O2S. The van der Waals surface area contributed by atoms with Gasteiger partial charge in [-0.2, -0.15) is 0 Å². The van der Waals surface area contributed by atoms with Gasteiger partial charge in [-0.1, -0.05) is 30.2 Å². The molecule has 0 saturated heterocycles. The minimum atomic E-state index is -3.02. The van der Waals surface area contributed by atoms with Gasteiger partial charge in [-0.3, -0.25) is 4.99 Å². The van der Waals surface area contributed by atoms with Crippen molar-refractivity contribution in [2.24, 2.45) is 4.99 Å². The Morgan fingerprint density at radius 2 is 2.00 bits per heavy atom. The zero-order chi connectivity index (χ0) is 15.0. The molecule has 5 nitrogen and oxygen atoms in total. The lowest BCUT2D eigenvalue weighted by Crippen LogP contribution is -2.36. The standard InChI is InChI=1S/C14H19N3O2S.HI/c1-4-8-16-14(15-2)17-10-12-6-5-7-13(9-12)11-20(3,18)19;/h1,5-7,9H,8,10-11H2,2-3H3,(H2,15,16,17);1H. The summed E-state index contributed by atoms with van der Waals surface area (Å²) >= 11 is 0. The molecule has 0 aliphatic carbocycles. The van der Waals surface area contributed by atoms with Gasteiger partial charge in [0.1, 0.15) is 0 Å². The Bertz CT molecular complexity index is 621. The fraction of sp³-hybridized carbons (Fsp3) is 0.357. The number of sulfone groups is 1. The second kappa shape index (κ2) is 9.63. The molecule has 0 spiro atoms. The van der Waals surface area contributed by atoms with Crippen LogP contribution in [0.3, 0.4) is 0 Å². The Morgan fingerprint density at radius 3 is 2.57 bits per heavy atom. The Balaban J connectivity index is 0.00000400. The number of aliphatic imine (C=N–C) groups is 1. The summed E-state index contributed by atoms with van der Waals surface area (Å²) in [5.74, 6) is 3.12. The lowest BCUT2D eigenvalue weighted by Gasteiger charge is -2.10. The fourth-order valence-electron chi connectivity index (χ4n) is 1.67. The predicted octanol–water partition coefficient (Wildman–Crippen LogP) is 1.15. The van der Waals surface area contributed by atoms with Gasteiger partial charge in [0.2, 0.25) is 0 Å². The first kappa shape index (κ1) is 19.7. The van der Waals surface area contributed by atoms with Gasteiger partial charge in [0, 0.05) is 19.8 Å². The quantitative estimate of drug-likeness (QED) is 0.324. The van der Waals surface area contributed by atoms with Crippen LogP contribution in [0.4, 0.5) is 0 Å². The molecule has 1 rings (SSSR count). The van der Waals surface area contributed by atoms with E-state index in [1.165, 1.54) is 6.26 Å². The summed E-state index contributed by atoms with van der Waals surface area (Å²) in [5, 5.41) is 6.05. The van der Waals surface area contributed by atoms with Crippen molar-refractivity contribution in [3.8, 4) is 12.3 Å². The van der Waals surface area contributed by atoms with Gasteiger partial charge in [-0.25, -0.2) is 8.42 Å². The molecule has 0 unspecified atom stereocenters. The van der Waals surface area contributed by atoms with Crippen LogP contribution in [0.15, 0.2) is 29.3 Å². The molecule has 7 heteroatoms. The first-order valence-electron chi connectivity index (χ1n) is 6.08. The van der Waals surface area contributed by atoms with E-state index in [-0.39, 0.29) is 29.7 Å². The zero-order valence-corrected chi connectivity index (χ0v) is 15.2. The van der Waals surface area contributed by atoms with Crippen molar-refractivity contribution in [3.05, 3.63) is 35.4 Å². The molecule has 1 aromatic rings. The molecule has 116 valence electrons. The van der Waals surface area contributed by atoms with Crippen molar-refractivity contribution in [3.63, 3.8) is 0 Å². The highest BCUT2D eigenvalue weighted by atomic mass is 127. The molecule has 0 amide bonds. The highest BCUT2D eigenvalue weighted by Gasteiger charge is 2.05. The number of hydrogen-bond donors (Lipinski definition) is 2. The van der Waals surface area contributed by atoms with Crippen LogP contribution in [0.2, 0.25) is 0 Å². The smallest absolute Gasteiger partial charge is 0.192 e. The van der Waals surface area contributed by atoms with Crippen LogP contribution >= 0.6 is 24.0 Å². The first-order chi connectivity index (χ1) is 9.44. The van der Waals surface area contributed by atoms with Gasteiger partial charge in [-0.15, -0.1) is 30.4 Å². The van der Waals surface area contributed by atoms with E-state index in [0.29, 0.717) is 19.0 Å². The van der Waals surface area contributed by atoms with Gasteiger partial charge < -0.3 is 10.6 Å². The topological polar surface area (TPSA) is 70.6 Å². The second-order valence-electron chi connectivity index (χ2n) is 4.37. The van der Waals surface area contributed by atoms with Crippen molar-refractivity contribution in [2.75, 3.05) is 19.8 Å². The number of nitrogens with zero attached hydrogens (tertiary/aromatic N) is 1. The third-order valence-electron chi connectivity index (χ3n) is 2.46. The monoisotopic (exact) mass is 421 g/mol. The largest absolute Gasteiger partial charge is 0.352 e. The Hall–Kier alpha value is -1.27. The molecule has 0 atom stereocenters. The van der Waals surface area contributed by atoms with E-state index >= 15 is 0 Å². The van der Waals surface area contributed by atoms with Crippen LogP contribution in [0.1, 0.15) is 11.1 Å². The van der Waals surface area contributed by atoms with E-state index in [1.54, 1.807) is 13.1 Å². The summed E-state index contributed by atoms with van der Waals surface area (Å²) in [6, 6.07) is 7.43. The maximum absolute atomic E-state index is 11.3. The third-order valence-corrected chi connectivity index (χ3v) is 3.32. The van der Waals surface area contributed by atoms with Crippen LogP contribution in [0.5, 0.6) is 0 Å². The minimum Gasteiger partial charge on any atom is -0.352 e. The molecule has 0 aliphatic heterocycles. The Labute approximate surface area is 143 Å². The Kier molecular flexibility index (Phi) is 9.05. The number of hydrogen-bond acceptors (Lipinski definition) is 3. The Morgan fingerprint density at radius 1 is 1.33 bits per heavy atom. The van der Waals surface area contributed by atoms with E-state index in [2.05, 4.69) is 21.5 Å². The first-order valence-corrected chi connectivity index (χ1v) is 8.14. The molecule has 0 radical (unpaired) electrons. The molecule has 0 fully saturated rings. The lowest BCUT2D eigenvalue weighted by molar-refractivity contribution is 0.601. The van der Waals surface area contributed by atoms with Crippen LogP contribution in [-0.4, -0.2) is 34.2 Å². The SMILES string of the molecule is C#CCNC(=NC)NCc1cccc(CS(C)(=O)=O)c1.I. The van der Waals surface area contributed by atoms with Gasteiger partial charge in [0.15, 0.2) is 15.8 Å². The molecule has 0 aromatic heterocycles. The number of rotatable bonds is 5. The van der Waals surface area contributed by atoms with E-state index in [9.17, 15) is 8.42 Å². The average Bonchev–Trinajstić information content (AvgIpc) is 2.37. The second-order valence-corrected chi connectivity index (χ2v) is 6.51. The number of benzene rings is 1. The van der Waals surface area contributed by atoms with Crippen LogP contribution in [-0.2, 0) is 22.1 Å². The van der Waals surface area contributed by atoms with E-state index in [4.69, 9.17) is 6.42 Å². The third kappa shape index (κ3) is 8.57. The van der Waals surface area contributed by atoms with Crippen molar-refractivity contribution in [2.45, 2.75) is 12.3 Å². The molecule has 2 N–H and O–H groups in total. The average molecular weight is 421 g/mol. The molecular weight excluding hydrogens is 401 g/mol. The predicted molar refractivity (Wildman–Crippen MR) is 97.4 cm³/mol. The van der Waals surface area contributed by atoms with Gasteiger partial charge in [0.05, 0.1) is 12.3 Å². The lowest BCUT2D eigenvalue weighted by atomic mass is 10.1. The summed E-state index contributed by atoms with van der Waals surface area (Å²) in [5.41, 5.74) is 1.76. The van der Waals surface area contributed by atoms with Crippen LogP contribution in [0.25, 0.3) is 0 Å². The summed E-state index contributed by atoms with van der Waals surface area (Å²) in [6.07, 6.45) is 6.39. The number of guanidine groups is 1. The summed E-state index contributed by atoms with van der Waals surface area (Å²) in [4.78, 5) is 4.03. The van der Waals surface area contributed by atoms with E-state index < -0.39 is 9.84 Å². The summed E-state index contributed by atoms with van der Waals surface area (Å²) in [7, 11) is -1.36. The van der Waals surface area contributed by atoms with E-state index in [0.717, 1.165) is 11.1 Å². The van der Waals surface area contributed by atoms with Crippen molar-refractivity contribution >= 4 is 39.8 Å². The number of halogens is 1. The highest BCUT2D eigenvalue weighted by molar-refractivity contribution is 14.0. The van der Waals surface area contributed by atoms with Crippen molar-refractivity contribution < 1.29 is 8.42 Å². The number of nitrogens with one attached hydrogen (secondary N) is 2. The van der Waals surface area contributed by atoms with Gasteiger partial charge in [-0.05, 0) is 11.1 Å². The van der Waals surface area contributed by atoms with Crippen molar-refractivity contribution in [1.82, 2.24) is 10.6 Å². The molecule has 1 aromatic carbocycles. The summed E-state index contributed by atoms with van der Waals surface area (Å²) < 4.78 is 22.6. The maximum Gasteiger partial charge on any atom is 0.192 e. The van der Waals surface area contributed by atoms with Crippen LogP contribution < -0.4 is 10.6 Å². The molecule has 0 aliphatic rings. The zero-order valence-electron chi connectivity index (χ0n) is 12.1. The highest BCUT2D eigenvalue weighted by Crippen LogP contribution is 2.08. The molecule has 0 saturated carbocycles. The van der Waals surface area contributed by atoms with Crippen LogP contribution in [0, 0.1) is 12.3 Å². The maximum atomic E-state index is 11.3. The minimum absolute atomic E-state index is 0. The molecule has 21 heavy (non-hydrogen) atoms. The molecule has 0 bridgehead atoms. The van der Waals surface area contributed by atoms with E-state index in [1.807, 2.05) is 18.2 Å².